The van der Waals surface area contributed by atoms with E-state index in [0.717, 1.165) is 42.7 Å². The van der Waals surface area contributed by atoms with Crippen LogP contribution < -0.4 is 4.74 Å². The van der Waals surface area contributed by atoms with Gasteiger partial charge in [0.05, 0.1) is 22.8 Å². The maximum absolute atomic E-state index is 14.2. The molecule has 0 aliphatic heterocycles. The summed E-state index contributed by atoms with van der Waals surface area (Å²) in [5, 5.41) is 18.1. The van der Waals surface area contributed by atoms with Crippen LogP contribution in [-0.4, -0.2) is 30.6 Å². The third-order valence-electron chi connectivity index (χ3n) is 7.70. The van der Waals surface area contributed by atoms with Gasteiger partial charge in [-0.1, -0.05) is 18.2 Å². The number of benzene rings is 1. The van der Waals surface area contributed by atoms with Crippen LogP contribution in [-0.2, 0) is 13.7 Å². The van der Waals surface area contributed by atoms with Crippen LogP contribution >= 0.6 is 0 Å². The Morgan fingerprint density at radius 1 is 1.32 bits per heavy atom. The average molecular weight is 498 g/mol. The number of carboxylic acid groups (broad SMARTS) is 1. The molecule has 2 unspecified atom stereocenters. The number of halogens is 1. The summed E-state index contributed by atoms with van der Waals surface area (Å²) in [6.07, 6.45) is 6.16. The second-order valence-electron chi connectivity index (χ2n) is 9.87. The molecule has 1 fully saturated rings. The number of carbonyl (C=O) groups is 1. The lowest BCUT2D eigenvalue weighted by Crippen LogP contribution is -2.11. The molecular formula is C28H24FN5O3. The molecule has 37 heavy (non-hydrogen) atoms. The van der Waals surface area contributed by atoms with Crippen LogP contribution in [0.5, 0.6) is 5.88 Å². The van der Waals surface area contributed by atoms with Gasteiger partial charge in [-0.3, -0.25) is 0 Å². The van der Waals surface area contributed by atoms with E-state index >= 15 is 0 Å². The van der Waals surface area contributed by atoms with E-state index in [-0.39, 0.29) is 23.3 Å². The fourth-order valence-corrected chi connectivity index (χ4v) is 5.43. The molecule has 1 spiro atoms. The third-order valence-corrected chi connectivity index (χ3v) is 7.70. The highest BCUT2D eigenvalue weighted by atomic mass is 19.1. The number of nitrogens with zero attached hydrogens (tertiary/aromatic N) is 4. The van der Waals surface area contributed by atoms with Crippen LogP contribution in [0, 0.1) is 22.6 Å². The van der Waals surface area contributed by atoms with Gasteiger partial charge in [0.2, 0.25) is 5.88 Å². The first kappa shape index (κ1) is 23.0. The Balaban J connectivity index is 1.14. The SMILES string of the molecule is Cn1c(C2CC23CC=C(c2cccc(OCc4ccc(C#N)cc4F)n2)CC3)nc2[nH]c(C(=O)O)cc21. The average Bonchev–Trinajstić information content (AvgIpc) is 3.26. The summed E-state index contributed by atoms with van der Waals surface area (Å²) in [5.74, 6) is 0.307. The predicted octanol–water partition coefficient (Wildman–Crippen LogP) is 5.33. The summed E-state index contributed by atoms with van der Waals surface area (Å²) < 4.78 is 21.9. The minimum atomic E-state index is -0.989. The van der Waals surface area contributed by atoms with E-state index in [2.05, 4.69) is 16.0 Å². The number of allylic oxidation sites excluding steroid dienone is 2. The number of rotatable bonds is 6. The van der Waals surface area contributed by atoms with Gasteiger partial charge in [-0.2, -0.15) is 5.26 Å². The molecule has 186 valence electrons. The number of carboxylic acids is 1. The van der Waals surface area contributed by atoms with Crippen molar-refractivity contribution in [2.75, 3.05) is 0 Å². The lowest BCUT2D eigenvalue weighted by atomic mass is 9.83. The highest BCUT2D eigenvalue weighted by Crippen LogP contribution is 2.66. The van der Waals surface area contributed by atoms with Crippen LogP contribution in [0.15, 0.2) is 48.5 Å². The molecule has 2 aliphatic rings. The number of aryl methyl sites for hydroxylation is 1. The third kappa shape index (κ3) is 4.04. The molecule has 6 rings (SSSR count). The van der Waals surface area contributed by atoms with E-state index in [9.17, 15) is 14.3 Å². The Hall–Kier alpha value is -4.45. The number of imidazole rings is 1. The Morgan fingerprint density at radius 3 is 2.89 bits per heavy atom. The summed E-state index contributed by atoms with van der Waals surface area (Å²) in [6.45, 7) is 0.0312. The van der Waals surface area contributed by atoms with Crippen LogP contribution in [0.1, 0.15) is 64.7 Å². The monoisotopic (exact) mass is 497 g/mol. The van der Waals surface area contributed by atoms with Gasteiger partial charge in [-0.25, -0.2) is 19.2 Å². The first-order valence-electron chi connectivity index (χ1n) is 12.1. The number of aromatic nitrogens is 4. The standard InChI is InChI=1S/C28H24FN5O3/c1-34-23-12-22(27(35)36)32-25(23)33-26(34)19-13-28(19)9-7-17(8-10-28)21-3-2-4-24(31-21)37-15-18-6-5-16(14-30)11-20(18)29/h2-7,11-12,19,32H,8-10,13,15H2,1H3,(H,35,36). The van der Waals surface area contributed by atoms with E-state index in [1.54, 1.807) is 24.3 Å². The fraction of sp³-hybridized carbons (Fsp3) is 0.286. The van der Waals surface area contributed by atoms with Gasteiger partial charge in [0, 0.05) is 24.6 Å². The summed E-state index contributed by atoms with van der Waals surface area (Å²) in [4.78, 5) is 23.5. The van der Waals surface area contributed by atoms with E-state index in [1.807, 2.05) is 29.8 Å². The summed E-state index contributed by atoms with van der Waals surface area (Å²) in [5.41, 5.74) is 4.42. The zero-order chi connectivity index (χ0) is 25.7. The summed E-state index contributed by atoms with van der Waals surface area (Å²) in [7, 11) is 1.94. The van der Waals surface area contributed by atoms with Crippen LogP contribution in [0.2, 0.25) is 0 Å². The van der Waals surface area contributed by atoms with Crippen molar-refractivity contribution in [3.05, 3.63) is 82.7 Å². The molecule has 0 amide bonds. The molecule has 2 aliphatic carbocycles. The van der Waals surface area contributed by atoms with Gasteiger partial charge < -0.3 is 19.4 Å². The summed E-state index contributed by atoms with van der Waals surface area (Å²) >= 11 is 0. The molecule has 0 bridgehead atoms. The minimum Gasteiger partial charge on any atom is -0.477 e. The number of nitrogens with one attached hydrogen (secondary N) is 1. The maximum Gasteiger partial charge on any atom is 0.352 e. The smallest absolute Gasteiger partial charge is 0.352 e. The van der Waals surface area contributed by atoms with Crippen molar-refractivity contribution >= 4 is 22.7 Å². The van der Waals surface area contributed by atoms with Crippen molar-refractivity contribution in [3.8, 4) is 11.9 Å². The summed E-state index contributed by atoms with van der Waals surface area (Å²) in [6, 6.07) is 13.5. The molecule has 2 N–H and O–H groups in total. The number of ether oxygens (including phenoxy) is 1. The Morgan fingerprint density at radius 2 is 2.19 bits per heavy atom. The first-order chi connectivity index (χ1) is 17.9. The first-order valence-corrected chi connectivity index (χ1v) is 12.1. The van der Waals surface area contributed by atoms with Crippen molar-refractivity contribution in [1.82, 2.24) is 19.5 Å². The molecule has 0 saturated heterocycles. The van der Waals surface area contributed by atoms with E-state index in [1.165, 1.54) is 11.6 Å². The Kier molecular flexibility index (Phi) is 5.33. The normalized spacial score (nSPS) is 20.6. The zero-order valence-corrected chi connectivity index (χ0v) is 20.2. The number of nitriles is 1. The van der Waals surface area contributed by atoms with Crippen LogP contribution in [0.4, 0.5) is 4.39 Å². The highest BCUT2D eigenvalue weighted by Gasteiger charge is 2.56. The minimum absolute atomic E-state index is 0.0312. The van der Waals surface area contributed by atoms with E-state index in [0.29, 0.717) is 23.0 Å². The molecule has 8 nitrogen and oxygen atoms in total. The lowest BCUT2D eigenvalue weighted by Gasteiger charge is -2.22. The second kappa shape index (κ2) is 8.59. The highest BCUT2D eigenvalue weighted by molar-refractivity contribution is 5.91. The maximum atomic E-state index is 14.2. The molecule has 3 aromatic heterocycles. The fourth-order valence-electron chi connectivity index (χ4n) is 5.43. The lowest BCUT2D eigenvalue weighted by molar-refractivity contribution is 0.0691. The van der Waals surface area contributed by atoms with Gasteiger partial charge in [-0.15, -0.1) is 0 Å². The van der Waals surface area contributed by atoms with Gasteiger partial charge in [0.1, 0.15) is 23.9 Å². The number of hydrogen-bond donors (Lipinski definition) is 2. The molecule has 2 atom stereocenters. The topological polar surface area (TPSA) is 117 Å². The quantitative estimate of drug-likeness (QED) is 0.372. The Bertz CT molecular complexity index is 1630. The van der Waals surface area contributed by atoms with Crippen LogP contribution in [0.25, 0.3) is 16.7 Å². The van der Waals surface area contributed by atoms with Crippen molar-refractivity contribution in [1.29, 1.82) is 5.26 Å². The number of aromatic carboxylic acids is 1. The Labute approximate surface area is 212 Å². The van der Waals surface area contributed by atoms with Crippen molar-refractivity contribution in [2.45, 2.75) is 38.2 Å². The number of hydrogen-bond acceptors (Lipinski definition) is 5. The molecule has 4 aromatic rings. The zero-order valence-electron chi connectivity index (χ0n) is 20.2. The van der Waals surface area contributed by atoms with Gasteiger partial charge in [0.25, 0.3) is 0 Å². The van der Waals surface area contributed by atoms with E-state index in [4.69, 9.17) is 15.0 Å². The number of pyridine rings is 1. The van der Waals surface area contributed by atoms with Crippen molar-refractivity contribution in [3.63, 3.8) is 0 Å². The predicted molar refractivity (Wildman–Crippen MR) is 133 cm³/mol. The molecule has 1 aromatic carbocycles. The van der Waals surface area contributed by atoms with Crippen molar-refractivity contribution in [2.24, 2.45) is 12.5 Å². The molecule has 3 heterocycles. The van der Waals surface area contributed by atoms with Gasteiger partial charge >= 0.3 is 5.97 Å². The molecule has 0 radical (unpaired) electrons. The van der Waals surface area contributed by atoms with Crippen molar-refractivity contribution < 1.29 is 19.0 Å². The van der Waals surface area contributed by atoms with Gasteiger partial charge in [0.15, 0.2) is 5.65 Å². The van der Waals surface area contributed by atoms with Gasteiger partial charge in [-0.05, 0) is 60.9 Å². The number of aromatic amines is 1. The molecule has 1 saturated carbocycles. The second-order valence-corrected chi connectivity index (χ2v) is 9.87. The van der Waals surface area contributed by atoms with Crippen LogP contribution in [0.3, 0.4) is 0 Å². The molecule has 9 heteroatoms. The number of H-pyrrole nitrogens is 1. The molecular weight excluding hydrogens is 473 g/mol. The largest absolute Gasteiger partial charge is 0.477 e. The number of fused-ring (bicyclic) bond motifs is 1. The van der Waals surface area contributed by atoms with E-state index < -0.39 is 11.8 Å².